The van der Waals surface area contributed by atoms with Crippen molar-refractivity contribution in [2.45, 2.75) is 30.0 Å². The second-order valence-corrected chi connectivity index (χ2v) is 8.07. The zero-order chi connectivity index (χ0) is 15.8. The predicted octanol–water partition coefficient (Wildman–Crippen LogP) is 1.53. The average Bonchev–Trinajstić information content (AvgIpc) is 2.89. The fourth-order valence-corrected chi connectivity index (χ4v) is 5.22. The Balaban J connectivity index is 2.32. The van der Waals surface area contributed by atoms with Crippen molar-refractivity contribution in [2.75, 3.05) is 6.54 Å². The largest absolute Gasteiger partial charge is 0.481 e. The second kappa shape index (κ2) is 5.70. The lowest BCUT2D eigenvalue weighted by atomic mass is 9.96. The molecule has 21 heavy (non-hydrogen) atoms. The van der Waals surface area contributed by atoms with Crippen molar-refractivity contribution >= 4 is 32.3 Å². The summed E-state index contributed by atoms with van der Waals surface area (Å²) in [7, 11) is -3.91. The number of carboxylic acids is 1. The number of hydrogen-bond acceptors (Lipinski definition) is 6. The first-order valence-electron chi connectivity index (χ1n) is 6.22. The van der Waals surface area contributed by atoms with Gasteiger partial charge in [-0.1, -0.05) is 0 Å². The number of nitrogens with zero attached hydrogens (tertiary/aromatic N) is 2. The lowest BCUT2D eigenvalue weighted by molar-refractivity contribution is -0.380. The van der Waals surface area contributed by atoms with Gasteiger partial charge in [-0.2, -0.15) is 4.31 Å². The zero-order valence-electron chi connectivity index (χ0n) is 11.1. The molecule has 0 radical (unpaired) electrons. The number of piperidine rings is 1. The molecule has 1 fully saturated rings. The van der Waals surface area contributed by atoms with Crippen LogP contribution in [-0.2, 0) is 14.8 Å². The molecule has 2 atom stereocenters. The molecule has 1 N–H and O–H groups in total. The van der Waals surface area contributed by atoms with Gasteiger partial charge < -0.3 is 5.11 Å². The molecule has 0 aliphatic carbocycles. The summed E-state index contributed by atoms with van der Waals surface area (Å²) in [5.41, 5.74) is 0. The number of thiophene rings is 1. The number of rotatable bonds is 4. The third-order valence-corrected chi connectivity index (χ3v) is 6.97. The first-order valence-corrected chi connectivity index (χ1v) is 8.48. The van der Waals surface area contributed by atoms with E-state index >= 15 is 0 Å². The maximum absolute atomic E-state index is 12.5. The van der Waals surface area contributed by atoms with Crippen LogP contribution in [0, 0.1) is 16.0 Å². The van der Waals surface area contributed by atoms with Gasteiger partial charge in [-0.15, -0.1) is 0 Å². The van der Waals surface area contributed by atoms with Crippen LogP contribution in [0.2, 0.25) is 0 Å². The van der Waals surface area contributed by atoms with E-state index < -0.39 is 26.8 Å². The molecule has 1 aromatic heterocycles. The third-order valence-electron chi connectivity index (χ3n) is 3.48. The van der Waals surface area contributed by atoms with Gasteiger partial charge in [0.1, 0.15) is 4.21 Å². The quantitative estimate of drug-likeness (QED) is 0.659. The highest BCUT2D eigenvalue weighted by Crippen LogP contribution is 2.33. The van der Waals surface area contributed by atoms with Gasteiger partial charge in [-0.25, -0.2) is 8.42 Å². The first kappa shape index (κ1) is 15.9. The number of carbonyl (C=O) groups is 1. The molecule has 8 nitrogen and oxygen atoms in total. The monoisotopic (exact) mass is 334 g/mol. The summed E-state index contributed by atoms with van der Waals surface area (Å²) in [6.07, 6.45) is 0.872. The molecular formula is C11H14N2O6S2. The molecule has 1 aromatic rings. The molecule has 0 saturated carbocycles. The molecule has 116 valence electrons. The summed E-state index contributed by atoms with van der Waals surface area (Å²) in [5, 5.41) is 19.4. The Hall–Kier alpha value is -1.52. The van der Waals surface area contributed by atoms with Crippen LogP contribution < -0.4 is 0 Å². The first-order chi connectivity index (χ1) is 9.73. The van der Waals surface area contributed by atoms with E-state index in [4.69, 9.17) is 5.11 Å². The van der Waals surface area contributed by atoms with Crippen molar-refractivity contribution in [3.8, 4) is 0 Å². The van der Waals surface area contributed by atoms with E-state index in [-0.39, 0.29) is 21.8 Å². The number of sulfonamides is 1. The van der Waals surface area contributed by atoms with E-state index in [0.717, 1.165) is 10.4 Å². The van der Waals surface area contributed by atoms with Gasteiger partial charge in [0.05, 0.1) is 10.8 Å². The average molecular weight is 334 g/mol. The predicted molar refractivity (Wildman–Crippen MR) is 74.7 cm³/mol. The number of nitro groups is 1. The molecule has 0 amide bonds. The van der Waals surface area contributed by atoms with E-state index in [1.54, 1.807) is 6.92 Å². The Bertz CT molecular complexity index is 668. The minimum Gasteiger partial charge on any atom is -0.481 e. The van der Waals surface area contributed by atoms with Crippen LogP contribution >= 0.6 is 11.3 Å². The molecule has 0 spiro atoms. The van der Waals surface area contributed by atoms with Gasteiger partial charge >= 0.3 is 11.0 Å². The minimum absolute atomic E-state index is 0.107. The second-order valence-electron chi connectivity index (χ2n) is 4.89. The van der Waals surface area contributed by atoms with Crippen LogP contribution in [0.1, 0.15) is 19.8 Å². The summed E-state index contributed by atoms with van der Waals surface area (Å²) in [6, 6.07) is 2.00. The van der Waals surface area contributed by atoms with Crippen LogP contribution in [0.4, 0.5) is 5.00 Å². The van der Waals surface area contributed by atoms with Gasteiger partial charge in [0.25, 0.3) is 10.0 Å². The zero-order valence-corrected chi connectivity index (χ0v) is 12.8. The van der Waals surface area contributed by atoms with Crippen LogP contribution in [-0.4, -0.2) is 41.3 Å². The summed E-state index contributed by atoms with van der Waals surface area (Å²) < 4.78 is 26.0. The smallest absolute Gasteiger partial charge is 0.325 e. The molecule has 2 unspecified atom stereocenters. The SMILES string of the molecule is CC1CCC(C(=O)O)CN1S(=O)(=O)c1ccc([N+](=O)[O-])s1. The van der Waals surface area contributed by atoms with Crippen molar-refractivity contribution in [1.29, 1.82) is 0 Å². The van der Waals surface area contributed by atoms with Gasteiger partial charge in [0.2, 0.25) is 0 Å². The van der Waals surface area contributed by atoms with Crippen LogP contribution in [0.3, 0.4) is 0 Å². The van der Waals surface area contributed by atoms with Crippen molar-refractivity contribution in [2.24, 2.45) is 5.92 Å². The summed E-state index contributed by atoms with van der Waals surface area (Å²) in [5.74, 6) is -1.77. The number of carboxylic acid groups (broad SMARTS) is 1. The van der Waals surface area contributed by atoms with E-state index in [1.165, 1.54) is 6.07 Å². The molecule has 1 aliphatic rings. The maximum atomic E-state index is 12.5. The fourth-order valence-electron chi connectivity index (χ4n) is 2.27. The summed E-state index contributed by atoms with van der Waals surface area (Å²) >= 11 is 0.577. The number of hydrogen-bond donors (Lipinski definition) is 1. The highest BCUT2D eigenvalue weighted by molar-refractivity contribution is 7.91. The Morgan fingerprint density at radius 2 is 2.14 bits per heavy atom. The molecule has 0 bridgehead atoms. The standard InChI is InChI=1S/C11H14N2O6S2/c1-7-2-3-8(11(14)15)6-12(7)21(18,19)10-5-4-9(20-10)13(16)17/h4-5,7-8H,2-3,6H2,1H3,(H,14,15). The number of aliphatic carboxylic acids is 1. The van der Waals surface area contributed by atoms with Crippen molar-refractivity contribution in [3.63, 3.8) is 0 Å². The van der Waals surface area contributed by atoms with Gasteiger partial charge in [0, 0.05) is 18.7 Å². The van der Waals surface area contributed by atoms with E-state index in [0.29, 0.717) is 24.2 Å². The maximum Gasteiger partial charge on any atom is 0.325 e. The Kier molecular flexibility index (Phi) is 4.30. The molecule has 1 saturated heterocycles. The fraction of sp³-hybridized carbons (Fsp3) is 0.545. The summed E-state index contributed by atoms with van der Waals surface area (Å²) in [4.78, 5) is 21.1. The van der Waals surface area contributed by atoms with E-state index in [9.17, 15) is 23.3 Å². The van der Waals surface area contributed by atoms with E-state index in [1.807, 2.05) is 0 Å². The highest BCUT2D eigenvalue weighted by atomic mass is 32.2. The van der Waals surface area contributed by atoms with Crippen molar-refractivity contribution < 1.29 is 23.2 Å². The van der Waals surface area contributed by atoms with Crippen molar-refractivity contribution in [3.05, 3.63) is 22.2 Å². The van der Waals surface area contributed by atoms with Crippen LogP contribution in [0.15, 0.2) is 16.3 Å². The topological polar surface area (TPSA) is 118 Å². The molecule has 2 rings (SSSR count). The van der Waals surface area contributed by atoms with Crippen molar-refractivity contribution in [1.82, 2.24) is 4.31 Å². The normalized spacial score (nSPS) is 23.9. The van der Waals surface area contributed by atoms with Gasteiger partial charge in [0.15, 0.2) is 0 Å². The lowest BCUT2D eigenvalue weighted by Crippen LogP contribution is -2.47. The Morgan fingerprint density at radius 1 is 1.48 bits per heavy atom. The van der Waals surface area contributed by atoms with Gasteiger partial charge in [-0.05, 0) is 37.2 Å². The molecule has 10 heteroatoms. The Morgan fingerprint density at radius 3 is 2.67 bits per heavy atom. The minimum atomic E-state index is -3.91. The van der Waals surface area contributed by atoms with Crippen LogP contribution in [0.5, 0.6) is 0 Å². The van der Waals surface area contributed by atoms with E-state index in [2.05, 4.69) is 0 Å². The third kappa shape index (κ3) is 3.06. The molecule has 0 aromatic carbocycles. The molecular weight excluding hydrogens is 320 g/mol. The molecule has 2 heterocycles. The molecule has 1 aliphatic heterocycles. The Labute approximate surface area is 125 Å². The van der Waals surface area contributed by atoms with Gasteiger partial charge in [-0.3, -0.25) is 14.9 Å². The highest BCUT2D eigenvalue weighted by Gasteiger charge is 2.38. The lowest BCUT2D eigenvalue weighted by Gasteiger charge is -2.34. The van der Waals surface area contributed by atoms with Crippen LogP contribution in [0.25, 0.3) is 0 Å². The summed E-state index contributed by atoms with van der Waals surface area (Å²) in [6.45, 7) is 1.60.